The Balaban J connectivity index is 1.70. The molecule has 2 heteroatoms. The van der Waals surface area contributed by atoms with Crippen molar-refractivity contribution in [3.05, 3.63) is 0 Å². The first-order valence-corrected chi connectivity index (χ1v) is 5.99. The molecule has 2 rings (SSSR count). The van der Waals surface area contributed by atoms with Crippen LogP contribution in [0.25, 0.3) is 0 Å². The van der Waals surface area contributed by atoms with Gasteiger partial charge in [-0.05, 0) is 42.9 Å². The molecule has 82 valence electrons. The summed E-state index contributed by atoms with van der Waals surface area (Å²) < 4.78 is 5.04. The van der Waals surface area contributed by atoms with Gasteiger partial charge < -0.3 is 10.1 Å². The van der Waals surface area contributed by atoms with Gasteiger partial charge in [-0.2, -0.15) is 0 Å². The van der Waals surface area contributed by atoms with Crippen molar-refractivity contribution in [2.75, 3.05) is 26.8 Å². The van der Waals surface area contributed by atoms with Crippen LogP contribution in [0.2, 0.25) is 0 Å². The fourth-order valence-corrected chi connectivity index (χ4v) is 3.09. The van der Waals surface area contributed by atoms with E-state index in [9.17, 15) is 0 Å². The summed E-state index contributed by atoms with van der Waals surface area (Å²) >= 11 is 0. The van der Waals surface area contributed by atoms with Crippen LogP contribution in [-0.2, 0) is 4.74 Å². The average molecular weight is 197 g/mol. The maximum Gasteiger partial charge on any atom is 0.0587 e. The molecule has 0 aromatic heterocycles. The predicted octanol–water partition coefficient (Wildman–Crippen LogP) is 2.05. The summed E-state index contributed by atoms with van der Waals surface area (Å²) in [5.41, 5.74) is 0.640. The van der Waals surface area contributed by atoms with E-state index >= 15 is 0 Å². The van der Waals surface area contributed by atoms with E-state index in [-0.39, 0.29) is 0 Å². The van der Waals surface area contributed by atoms with Crippen LogP contribution in [0, 0.1) is 17.3 Å². The van der Waals surface area contributed by atoms with Gasteiger partial charge in [-0.15, -0.1) is 0 Å². The largest absolute Gasteiger partial charge is 0.383 e. The molecule has 14 heavy (non-hydrogen) atoms. The van der Waals surface area contributed by atoms with Crippen LogP contribution in [-0.4, -0.2) is 26.8 Å². The van der Waals surface area contributed by atoms with Crippen molar-refractivity contribution >= 4 is 0 Å². The van der Waals surface area contributed by atoms with E-state index in [1.165, 1.54) is 32.2 Å². The molecule has 0 radical (unpaired) electrons. The van der Waals surface area contributed by atoms with Gasteiger partial charge in [-0.25, -0.2) is 0 Å². The van der Waals surface area contributed by atoms with Gasteiger partial charge in [-0.1, -0.05) is 6.92 Å². The second-order valence-corrected chi connectivity index (χ2v) is 5.19. The van der Waals surface area contributed by atoms with Crippen molar-refractivity contribution in [1.29, 1.82) is 0 Å². The number of methoxy groups -OCH3 is 1. The number of fused-ring (bicyclic) bond motifs is 1. The van der Waals surface area contributed by atoms with Crippen LogP contribution in [0.4, 0.5) is 0 Å². The first-order valence-electron chi connectivity index (χ1n) is 5.99. The lowest BCUT2D eigenvalue weighted by molar-refractivity contribution is 0.184. The highest BCUT2D eigenvalue weighted by Gasteiger charge is 2.52. The van der Waals surface area contributed by atoms with Crippen molar-refractivity contribution in [2.45, 2.75) is 32.6 Å². The highest BCUT2D eigenvalue weighted by Crippen LogP contribution is 2.60. The standard InChI is InChI=1S/C12H23NO/c1-3-12(9-13-4-5-14-2)7-10-6-11(10)8-12/h10-11,13H,3-9H2,1-2H3. The van der Waals surface area contributed by atoms with Gasteiger partial charge in [0.15, 0.2) is 0 Å². The first-order chi connectivity index (χ1) is 6.79. The fraction of sp³-hybridized carbons (Fsp3) is 1.00. The molecule has 0 bridgehead atoms. The third-order valence-corrected chi connectivity index (χ3v) is 4.19. The van der Waals surface area contributed by atoms with E-state index in [0.717, 1.165) is 25.0 Å². The lowest BCUT2D eigenvalue weighted by Gasteiger charge is -2.30. The Morgan fingerprint density at radius 3 is 2.64 bits per heavy atom. The molecule has 2 atom stereocenters. The number of hydrogen-bond donors (Lipinski definition) is 1. The van der Waals surface area contributed by atoms with E-state index in [1.807, 2.05) is 0 Å². The maximum absolute atomic E-state index is 5.04. The molecule has 2 aliphatic rings. The monoisotopic (exact) mass is 197 g/mol. The van der Waals surface area contributed by atoms with Crippen molar-refractivity contribution in [3.8, 4) is 0 Å². The summed E-state index contributed by atoms with van der Waals surface area (Å²) in [6, 6.07) is 0. The second-order valence-electron chi connectivity index (χ2n) is 5.19. The zero-order valence-corrected chi connectivity index (χ0v) is 9.51. The highest BCUT2D eigenvalue weighted by atomic mass is 16.5. The molecule has 2 aliphatic carbocycles. The Labute approximate surface area is 87.4 Å². The lowest BCUT2D eigenvalue weighted by Crippen LogP contribution is -2.34. The molecule has 2 unspecified atom stereocenters. The topological polar surface area (TPSA) is 21.3 Å². The Kier molecular flexibility index (Phi) is 3.13. The molecule has 0 aliphatic heterocycles. The number of nitrogens with one attached hydrogen (secondary N) is 1. The SMILES string of the molecule is CCC1(CNCCOC)CC2CC2C1. The summed E-state index contributed by atoms with van der Waals surface area (Å²) in [4.78, 5) is 0. The summed E-state index contributed by atoms with van der Waals surface area (Å²) in [6.07, 6.45) is 5.84. The maximum atomic E-state index is 5.04. The third-order valence-electron chi connectivity index (χ3n) is 4.19. The van der Waals surface area contributed by atoms with Crippen molar-refractivity contribution < 1.29 is 4.74 Å². The zero-order chi connectivity index (χ0) is 10.0. The molecule has 0 amide bonds. The average Bonchev–Trinajstić information content (AvgIpc) is 2.82. The highest BCUT2D eigenvalue weighted by molar-refractivity contribution is 5.03. The molecule has 1 N–H and O–H groups in total. The van der Waals surface area contributed by atoms with Gasteiger partial charge >= 0.3 is 0 Å². The van der Waals surface area contributed by atoms with E-state index < -0.39 is 0 Å². The molecule has 2 fully saturated rings. The predicted molar refractivity (Wildman–Crippen MR) is 58.3 cm³/mol. The van der Waals surface area contributed by atoms with Gasteiger partial charge in [0.1, 0.15) is 0 Å². The molecular formula is C12H23NO. The summed E-state index contributed by atoms with van der Waals surface area (Å²) in [7, 11) is 1.77. The van der Waals surface area contributed by atoms with Crippen LogP contribution in [0.5, 0.6) is 0 Å². The smallest absolute Gasteiger partial charge is 0.0587 e. The van der Waals surface area contributed by atoms with Crippen LogP contribution in [0.3, 0.4) is 0 Å². The van der Waals surface area contributed by atoms with Gasteiger partial charge in [0, 0.05) is 20.2 Å². The Morgan fingerprint density at radius 1 is 1.36 bits per heavy atom. The second kappa shape index (κ2) is 4.19. The van der Waals surface area contributed by atoms with Crippen LogP contribution in [0.15, 0.2) is 0 Å². The zero-order valence-electron chi connectivity index (χ0n) is 9.51. The first kappa shape index (κ1) is 10.4. The molecule has 0 aromatic carbocycles. The minimum atomic E-state index is 0.640. The minimum Gasteiger partial charge on any atom is -0.383 e. The minimum absolute atomic E-state index is 0.640. The summed E-state index contributed by atoms with van der Waals surface area (Å²) in [5, 5.41) is 3.54. The summed E-state index contributed by atoms with van der Waals surface area (Å²) in [6.45, 7) is 5.41. The molecule has 2 saturated carbocycles. The molecule has 2 nitrogen and oxygen atoms in total. The fourth-order valence-electron chi connectivity index (χ4n) is 3.09. The van der Waals surface area contributed by atoms with Gasteiger partial charge in [-0.3, -0.25) is 0 Å². The Bertz CT molecular complexity index is 183. The molecule has 0 heterocycles. The Hall–Kier alpha value is -0.0800. The van der Waals surface area contributed by atoms with Gasteiger partial charge in [0.25, 0.3) is 0 Å². The van der Waals surface area contributed by atoms with E-state index in [4.69, 9.17) is 4.74 Å². The summed E-state index contributed by atoms with van der Waals surface area (Å²) in [5.74, 6) is 2.19. The van der Waals surface area contributed by atoms with E-state index in [1.54, 1.807) is 7.11 Å². The van der Waals surface area contributed by atoms with Crippen molar-refractivity contribution in [1.82, 2.24) is 5.32 Å². The van der Waals surface area contributed by atoms with E-state index in [2.05, 4.69) is 12.2 Å². The van der Waals surface area contributed by atoms with Crippen molar-refractivity contribution in [2.24, 2.45) is 17.3 Å². The van der Waals surface area contributed by atoms with Crippen molar-refractivity contribution in [3.63, 3.8) is 0 Å². The van der Waals surface area contributed by atoms with Crippen LogP contribution in [0.1, 0.15) is 32.6 Å². The quantitative estimate of drug-likeness (QED) is 0.658. The van der Waals surface area contributed by atoms with E-state index in [0.29, 0.717) is 5.41 Å². The number of hydrogen-bond acceptors (Lipinski definition) is 2. The van der Waals surface area contributed by atoms with Gasteiger partial charge in [0.2, 0.25) is 0 Å². The molecule has 0 spiro atoms. The molecular weight excluding hydrogens is 174 g/mol. The lowest BCUT2D eigenvalue weighted by atomic mass is 9.80. The van der Waals surface area contributed by atoms with Gasteiger partial charge in [0.05, 0.1) is 6.61 Å². The Morgan fingerprint density at radius 2 is 2.07 bits per heavy atom. The molecule has 0 aromatic rings. The van der Waals surface area contributed by atoms with Crippen LogP contribution < -0.4 is 5.32 Å². The number of ether oxygens (including phenoxy) is 1. The molecule has 0 saturated heterocycles. The normalized spacial score (nSPS) is 39.9. The number of rotatable bonds is 6. The third kappa shape index (κ3) is 2.12. The van der Waals surface area contributed by atoms with Crippen LogP contribution >= 0.6 is 0 Å².